The van der Waals surface area contributed by atoms with Crippen LogP contribution >= 0.6 is 0 Å². The molecule has 0 aromatic rings. The predicted octanol–water partition coefficient (Wildman–Crippen LogP) is -2.82. The first kappa shape index (κ1) is 40.0. The van der Waals surface area contributed by atoms with Crippen LogP contribution < -0.4 is 20.4 Å². The molecular weight excluding hydrogens is 451 g/mol. The summed E-state index contributed by atoms with van der Waals surface area (Å²) in [5.41, 5.74) is 0. The van der Waals surface area contributed by atoms with Crippen LogP contribution in [0.25, 0.3) is 0 Å². The SMILES string of the molecule is CC([O-])CN(C)C.CC([O-])CN(C)C.CC([O-])CN(C)C.CC([O-])CN(C)C.[Zr+4]. The van der Waals surface area contributed by atoms with Gasteiger partial charge >= 0.3 is 26.2 Å². The van der Waals surface area contributed by atoms with Gasteiger partial charge in [0, 0.05) is 0 Å². The van der Waals surface area contributed by atoms with Crippen LogP contribution in [-0.2, 0) is 26.2 Å². The van der Waals surface area contributed by atoms with E-state index in [0.717, 1.165) is 0 Å². The Morgan fingerprint density at radius 2 is 0.517 bits per heavy atom. The van der Waals surface area contributed by atoms with Crippen molar-refractivity contribution in [2.75, 3.05) is 82.6 Å². The van der Waals surface area contributed by atoms with Crippen molar-refractivity contribution in [1.82, 2.24) is 19.6 Å². The molecule has 0 N–H and O–H groups in total. The Kier molecular flexibility index (Phi) is 36.7. The maximum absolute atomic E-state index is 10.3. The van der Waals surface area contributed by atoms with Gasteiger partial charge in [-0.25, -0.2) is 0 Å². The van der Waals surface area contributed by atoms with Gasteiger partial charge in [-0.3, -0.25) is 0 Å². The van der Waals surface area contributed by atoms with Crippen LogP contribution in [0.1, 0.15) is 27.7 Å². The Morgan fingerprint density at radius 1 is 0.414 bits per heavy atom. The summed E-state index contributed by atoms with van der Waals surface area (Å²) in [4.78, 5) is 7.55. The Hall–Kier alpha value is 0.563. The summed E-state index contributed by atoms with van der Waals surface area (Å²) in [6.45, 7) is 9.22. The molecular formula is C20H48N4O4Zr. The molecule has 0 rings (SSSR count). The van der Waals surface area contributed by atoms with E-state index < -0.39 is 24.4 Å². The molecule has 0 aliphatic carbocycles. The molecule has 0 heterocycles. The van der Waals surface area contributed by atoms with E-state index in [2.05, 4.69) is 0 Å². The molecule has 0 bridgehead atoms. The van der Waals surface area contributed by atoms with E-state index >= 15 is 0 Å². The molecule has 4 atom stereocenters. The zero-order valence-electron chi connectivity index (χ0n) is 21.1. The van der Waals surface area contributed by atoms with Gasteiger partial charge in [-0.05, 0) is 82.6 Å². The van der Waals surface area contributed by atoms with Gasteiger partial charge in [0.15, 0.2) is 0 Å². The van der Waals surface area contributed by atoms with E-state index in [0.29, 0.717) is 26.2 Å². The van der Waals surface area contributed by atoms with E-state index in [1.807, 2.05) is 76.0 Å². The molecule has 9 heteroatoms. The molecule has 0 aromatic carbocycles. The van der Waals surface area contributed by atoms with Gasteiger partial charge in [0.05, 0.1) is 0 Å². The standard InChI is InChI=1S/4C5H12NO.Zr/c4*1-5(7)4-6(2)3;/h4*5H,4H2,1-3H3;/q4*-1;+4. The van der Waals surface area contributed by atoms with Crippen LogP contribution in [0.3, 0.4) is 0 Å². The fourth-order valence-corrected chi connectivity index (χ4v) is 2.06. The van der Waals surface area contributed by atoms with Gasteiger partial charge in [-0.2, -0.15) is 0 Å². The molecule has 0 spiro atoms. The average molecular weight is 500 g/mol. The monoisotopic (exact) mass is 498 g/mol. The number of hydrogen-bond acceptors (Lipinski definition) is 8. The molecule has 0 aliphatic rings. The molecule has 0 amide bonds. The van der Waals surface area contributed by atoms with E-state index in [1.165, 1.54) is 0 Å². The molecule has 0 radical (unpaired) electrons. The smallest absolute Gasteiger partial charge is 0.851 e. The predicted molar refractivity (Wildman–Crippen MR) is 112 cm³/mol. The summed E-state index contributed by atoms with van der Waals surface area (Å²) in [7, 11) is 15.2. The first-order valence-corrected chi connectivity index (χ1v) is 9.73. The number of nitrogens with zero attached hydrogens (tertiary/aromatic N) is 4. The summed E-state index contributed by atoms with van der Waals surface area (Å²) in [5, 5.41) is 41.2. The van der Waals surface area contributed by atoms with Crippen LogP contribution in [0.4, 0.5) is 0 Å². The topological polar surface area (TPSA) is 105 Å². The molecule has 0 aromatic heterocycles. The minimum Gasteiger partial charge on any atom is -0.851 e. The zero-order valence-corrected chi connectivity index (χ0v) is 23.5. The van der Waals surface area contributed by atoms with Crippen molar-refractivity contribution in [3.8, 4) is 0 Å². The summed E-state index contributed by atoms with van der Waals surface area (Å²) < 4.78 is 0. The van der Waals surface area contributed by atoms with Crippen LogP contribution in [0.15, 0.2) is 0 Å². The second kappa shape index (κ2) is 26.6. The van der Waals surface area contributed by atoms with Crippen molar-refractivity contribution in [1.29, 1.82) is 0 Å². The fourth-order valence-electron chi connectivity index (χ4n) is 2.06. The summed E-state index contributed by atoms with van der Waals surface area (Å²) in [6.07, 6.45) is -1.80. The number of rotatable bonds is 8. The summed E-state index contributed by atoms with van der Waals surface area (Å²) >= 11 is 0. The van der Waals surface area contributed by atoms with Crippen molar-refractivity contribution in [3.05, 3.63) is 0 Å². The molecule has 0 aliphatic heterocycles. The first-order chi connectivity index (χ1) is 12.5. The van der Waals surface area contributed by atoms with Gasteiger partial charge in [-0.15, -0.1) is 24.4 Å². The molecule has 8 nitrogen and oxygen atoms in total. The Morgan fingerprint density at radius 3 is 0.517 bits per heavy atom. The minimum atomic E-state index is -0.449. The third-order valence-electron chi connectivity index (χ3n) is 2.49. The van der Waals surface area contributed by atoms with Crippen LogP contribution in [0.2, 0.25) is 0 Å². The third kappa shape index (κ3) is 73.5. The van der Waals surface area contributed by atoms with E-state index in [-0.39, 0.29) is 26.2 Å². The van der Waals surface area contributed by atoms with Crippen LogP contribution in [0, 0.1) is 0 Å². The second-order valence-electron chi connectivity index (χ2n) is 8.29. The van der Waals surface area contributed by atoms with E-state index in [9.17, 15) is 20.4 Å². The Bertz CT molecular complexity index is 212. The van der Waals surface area contributed by atoms with Crippen molar-refractivity contribution < 1.29 is 46.6 Å². The normalized spacial score (nSPS) is 14.5. The Labute approximate surface area is 200 Å². The third-order valence-corrected chi connectivity index (χ3v) is 2.49. The Balaban J connectivity index is -0.0000000873. The van der Waals surface area contributed by atoms with Gasteiger partial charge in [0.2, 0.25) is 0 Å². The number of likely N-dealkylation sites (N-methyl/N-ethyl adjacent to an activating group) is 4. The van der Waals surface area contributed by atoms with E-state index in [1.54, 1.807) is 27.7 Å². The first-order valence-electron chi connectivity index (χ1n) is 9.73. The molecule has 4 unspecified atom stereocenters. The maximum atomic E-state index is 10.3. The van der Waals surface area contributed by atoms with Crippen LogP contribution in [-0.4, -0.2) is 127 Å². The van der Waals surface area contributed by atoms with Crippen molar-refractivity contribution in [2.24, 2.45) is 0 Å². The van der Waals surface area contributed by atoms with Gasteiger partial charge in [0.1, 0.15) is 0 Å². The fraction of sp³-hybridized carbons (Fsp3) is 1.00. The number of hydrogen-bond donors (Lipinski definition) is 0. The minimum absolute atomic E-state index is 0. The average Bonchev–Trinajstić information content (AvgIpc) is 2.32. The summed E-state index contributed by atoms with van der Waals surface area (Å²) in [6, 6.07) is 0. The van der Waals surface area contributed by atoms with Crippen molar-refractivity contribution in [2.45, 2.75) is 52.1 Å². The second-order valence-corrected chi connectivity index (χ2v) is 8.29. The molecule has 29 heavy (non-hydrogen) atoms. The largest absolute Gasteiger partial charge is 4.00 e. The van der Waals surface area contributed by atoms with Crippen LogP contribution in [0.5, 0.6) is 0 Å². The molecule has 0 saturated heterocycles. The maximum Gasteiger partial charge on any atom is 4.00 e. The summed E-state index contributed by atoms with van der Waals surface area (Å²) in [5.74, 6) is 0. The molecule has 0 saturated carbocycles. The molecule has 0 fully saturated rings. The zero-order chi connectivity index (χ0) is 23.4. The quantitative estimate of drug-likeness (QED) is 0.352. The van der Waals surface area contributed by atoms with E-state index in [4.69, 9.17) is 0 Å². The van der Waals surface area contributed by atoms with Gasteiger partial charge in [-0.1, -0.05) is 27.7 Å². The van der Waals surface area contributed by atoms with Gasteiger partial charge in [0.25, 0.3) is 0 Å². The van der Waals surface area contributed by atoms with Crippen molar-refractivity contribution in [3.63, 3.8) is 0 Å². The van der Waals surface area contributed by atoms with Gasteiger partial charge < -0.3 is 40.0 Å². The van der Waals surface area contributed by atoms with Crippen molar-refractivity contribution >= 4 is 0 Å². The molecule has 176 valence electrons.